The molecule has 4 atom stereocenters. The number of amides is 3. The molecule has 1 aliphatic carbocycles. The van der Waals surface area contributed by atoms with Gasteiger partial charge in [-0.15, -0.1) is 0 Å². The molecule has 216 valence electrons. The molecule has 4 aliphatic rings. The molecule has 43 heavy (non-hydrogen) atoms. The quantitative estimate of drug-likeness (QED) is 0.325. The molecular weight excluding hydrogens is 587 g/mol. The second kappa shape index (κ2) is 11.1. The first-order valence-electron chi connectivity index (χ1n) is 14.1. The Kier molecular flexibility index (Phi) is 7.07. The molecule has 0 unspecified atom stereocenters. The Morgan fingerprint density at radius 1 is 0.884 bits per heavy atom. The lowest BCUT2D eigenvalue weighted by Gasteiger charge is -2.30. The lowest BCUT2D eigenvalue weighted by Crippen LogP contribution is -2.45. The van der Waals surface area contributed by atoms with Crippen LogP contribution < -0.4 is 4.90 Å². The molecule has 1 saturated heterocycles. The summed E-state index contributed by atoms with van der Waals surface area (Å²) in [5.41, 5.74) is 4.33. The number of hydrazone groups is 1. The minimum Gasteiger partial charge on any atom is -0.271 e. The maximum absolute atomic E-state index is 14.0. The summed E-state index contributed by atoms with van der Waals surface area (Å²) < 4.78 is 0. The van der Waals surface area contributed by atoms with Crippen molar-refractivity contribution in [2.45, 2.75) is 37.4 Å². The molecular formula is C32H26Cl2N6O3. The van der Waals surface area contributed by atoms with Crippen LogP contribution in [0.1, 0.15) is 36.4 Å². The van der Waals surface area contributed by atoms with Gasteiger partial charge in [-0.05, 0) is 78.4 Å². The number of carbonyl (C=O) groups is 3. The normalized spacial score (nSPS) is 25.4. The molecule has 0 N–H and O–H groups in total. The van der Waals surface area contributed by atoms with Gasteiger partial charge in [-0.25, -0.2) is 9.91 Å². The third kappa shape index (κ3) is 4.92. The Morgan fingerprint density at radius 2 is 1.58 bits per heavy atom. The number of benzene rings is 3. The summed E-state index contributed by atoms with van der Waals surface area (Å²) in [6.07, 6.45) is 4.75. The van der Waals surface area contributed by atoms with Gasteiger partial charge in [0, 0.05) is 16.0 Å². The van der Waals surface area contributed by atoms with Crippen molar-refractivity contribution in [2.24, 2.45) is 21.4 Å². The highest BCUT2D eigenvalue weighted by molar-refractivity contribution is 6.31. The fourth-order valence-electron chi connectivity index (χ4n) is 6.36. The smallest absolute Gasteiger partial charge is 0.264 e. The summed E-state index contributed by atoms with van der Waals surface area (Å²) in [5.74, 6) is -1.27. The zero-order chi connectivity index (χ0) is 29.7. The van der Waals surface area contributed by atoms with E-state index in [1.807, 2.05) is 54.6 Å². The van der Waals surface area contributed by atoms with Crippen LogP contribution in [0, 0.1) is 5.92 Å². The molecule has 0 bridgehead atoms. The molecule has 3 heterocycles. The Balaban J connectivity index is 1.19. The Bertz CT molecular complexity index is 1690. The second-order valence-electron chi connectivity index (χ2n) is 11.0. The number of rotatable bonds is 5. The summed E-state index contributed by atoms with van der Waals surface area (Å²) in [7, 11) is 0. The molecule has 9 nitrogen and oxygen atoms in total. The third-order valence-corrected chi connectivity index (χ3v) is 8.85. The van der Waals surface area contributed by atoms with Gasteiger partial charge in [-0.2, -0.15) is 10.2 Å². The number of halogens is 2. The molecule has 3 amide bonds. The number of fused-ring (bicyclic) bond motifs is 2. The van der Waals surface area contributed by atoms with Crippen LogP contribution >= 0.6 is 23.2 Å². The Hall–Kier alpha value is -4.34. The van der Waals surface area contributed by atoms with Crippen molar-refractivity contribution >= 4 is 58.4 Å². The van der Waals surface area contributed by atoms with Crippen LogP contribution in [-0.2, 0) is 14.4 Å². The minimum atomic E-state index is -0.992. The molecule has 11 heteroatoms. The Morgan fingerprint density at radius 3 is 2.30 bits per heavy atom. The van der Waals surface area contributed by atoms with E-state index in [4.69, 9.17) is 28.3 Å². The van der Waals surface area contributed by atoms with Gasteiger partial charge in [-0.3, -0.25) is 19.4 Å². The predicted octanol–water partition coefficient (Wildman–Crippen LogP) is 6.11. The van der Waals surface area contributed by atoms with Crippen LogP contribution in [0.2, 0.25) is 10.0 Å². The molecule has 3 aromatic carbocycles. The number of carbonyl (C=O) groups excluding carboxylic acids is 3. The number of para-hydroxylation sites is 1. The highest BCUT2D eigenvalue weighted by atomic mass is 35.5. The zero-order valence-electron chi connectivity index (χ0n) is 22.9. The number of nitrogens with zero attached hydrogens (tertiary/aromatic N) is 6. The van der Waals surface area contributed by atoms with Crippen molar-refractivity contribution in [2.75, 3.05) is 11.4 Å². The summed E-state index contributed by atoms with van der Waals surface area (Å²) >= 11 is 12.3. The van der Waals surface area contributed by atoms with Crippen LogP contribution in [0.15, 0.2) is 99.9 Å². The van der Waals surface area contributed by atoms with Gasteiger partial charge in [0.15, 0.2) is 12.1 Å². The van der Waals surface area contributed by atoms with Gasteiger partial charge < -0.3 is 0 Å². The van der Waals surface area contributed by atoms with E-state index >= 15 is 0 Å². The fourth-order valence-corrected chi connectivity index (χ4v) is 6.61. The summed E-state index contributed by atoms with van der Waals surface area (Å²) in [6, 6.07) is 21.5. The van der Waals surface area contributed by atoms with Crippen molar-refractivity contribution < 1.29 is 14.4 Å². The SMILES string of the molecule is O=C1[C@@H]2N=NN(CC(=O)N3N=C4/C(=C/c5ccc(Cl)cc5)CCC[C@H]4[C@H]3c3ccc(Cl)cc3)[C@H]2C(=O)N1c1ccccc1. The lowest BCUT2D eigenvalue weighted by molar-refractivity contribution is -0.136. The van der Waals surface area contributed by atoms with Crippen molar-refractivity contribution in [3.63, 3.8) is 0 Å². The van der Waals surface area contributed by atoms with E-state index in [-0.39, 0.29) is 24.4 Å². The van der Waals surface area contributed by atoms with Gasteiger partial charge in [0.05, 0.1) is 17.4 Å². The Labute approximate surface area is 258 Å². The standard InChI is InChI=1S/C32H26Cl2N6O3/c33-22-13-9-19(10-14-22)17-21-5-4-8-25-27(21)36-40(29(25)20-11-15-23(34)16-12-20)26(41)18-38-30-28(35-37-38)31(42)39(32(30)43)24-6-2-1-3-7-24/h1-3,6-7,9-17,25,28-30H,4-5,8,18H2/b21-17+/t25-,28-,29-,30-/m1/s1. The van der Waals surface area contributed by atoms with Gasteiger partial charge in [-0.1, -0.05) is 70.9 Å². The van der Waals surface area contributed by atoms with Crippen LogP contribution in [-0.4, -0.2) is 52.1 Å². The number of hydrogen-bond acceptors (Lipinski definition) is 7. The van der Waals surface area contributed by atoms with E-state index in [0.717, 1.165) is 46.6 Å². The van der Waals surface area contributed by atoms with Gasteiger partial charge in [0.25, 0.3) is 17.7 Å². The number of hydrogen-bond donors (Lipinski definition) is 0. The first-order chi connectivity index (χ1) is 20.9. The number of imide groups is 1. The van der Waals surface area contributed by atoms with Crippen LogP contribution in [0.4, 0.5) is 5.69 Å². The molecule has 7 rings (SSSR count). The molecule has 0 radical (unpaired) electrons. The largest absolute Gasteiger partial charge is 0.271 e. The number of allylic oxidation sites excluding steroid dienone is 1. The average Bonchev–Trinajstić information content (AvgIpc) is 3.68. The molecule has 2 fully saturated rings. The van der Waals surface area contributed by atoms with Crippen molar-refractivity contribution in [3.8, 4) is 0 Å². The molecule has 0 aromatic heterocycles. The van der Waals surface area contributed by atoms with Gasteiger partial charge >= 0.3 is 0 Å². The van der Waals surface area contributed by atoms with Crippen LogP contribution in [0.5, 0.6) is 0 Å². The topological polar surface area (TPSA) is 98.0 Å². The highest BCUT2D eigenvalue weighted by Gasteiger charge is 2.55. The van der Waals surface area contributed by atoms with E-state index in [9.17, 15) is 14.4 Å². The first kappa shape index (κ1) is 27.5. The van der Waals surface area contributed by atoms with Gasteiger partial charge in [0.1, 0.15) is 6.54 Å². The van der Waals surface area contributed by atoms with E-state index in [1.54, 1.807) is 24.3 Å². The fraction of sp³-hybridized carbons (Fsp3) is 0.250. The van der Waals surface area contributed by atoms with Crippen molar-refractivity contribution in [1.82, 2.24) is 10.0 Å². The van der Waals surface area contributed by atoms with Crippen LogP contribution in [0.25, 0.3) is 6.08 Å². The van der Waals surface area contributed by atoms with E-state index in [0.29, 0.717) is 15.7 Å². The zero-order valence-corrected chi connectivity index (χ0v) is 24.4. The highest BCUT2D eigenvalue weighted by Crippen LogP contribution is 2.45. The van der Waals surface area contributed by atoms with Gasteiger partial charge in [0.2, 0.25) is 0 Å². The second-order valence-corrected chi connectivity index (χ2v) is 11.9. The van der Waals surface area contributed by atoms with Crippen molar-refractivity contribution in [3.05, 3.63) is 106 Å². The predicted molar refractivity (Wildman–Crippen MR) is 163 cm³/mol. The lowest BCUT2D eigenvalue weighted by atomic mass is 9.77. The van der Waals surface area contributed by atoms with Crippen LogP contribution in [0.3, 0.4) is 0 Å². The summed E-state index contributed by atoms with van der Waals surface area (Å²) in [6.45, 7) is -0.254. The maximum atomic E-state index is 14.0. The molecule has 3 aromatic rings. The van der Waals surface area contributed by atoms with E-state index < -0.39 is 23.9 Å². The maximum Gasteiger partial charge on any atom is 0.264 e. The number of anilines is 1. The first-order valence-corrected chi connectivity index (χ1v) is 14.9. The van der Waals surface area contributed by atoms with E-state index in [2.05, 4.69) is 16.4 Å². The molecule has 1 saturated carbocycles. The summed E-state index contributed by atoms with van der Waals surface area (Å²) in [5, 5.41) is 17.2. The average molecular weight is 614 g/mol. The van der Waals surface area contributed by atoms with Crippen molar-refractivity contribution in [1.29, 1.82) is 0 Å². The van der Waals surface area contributed by atoms with E-state index in [1.165, 1.54) is 10.0 Å². The molecule has 0 spiro atoms. The third-order valence-electron chi connectivity index (χ3n) is 8.35. The summed E-state index contributed by atoms with van der Waals surface area (Å²) in [4.78, 5) is 41.7. The molecule has 3 aliphatic heterocycles. The monoisotopic (exact) mass is 612 g/mol. The minimum absolute atomic E-state index is 0.0198.